The van der Waals surface area contributed by atoms with Gasteiger partial charge in [0.25, 0.3) is 0 Å². The van der Waals surface area contributed by atoms with Crippen molar-refractivity contribution in [3.8, 4) is 11.5 Å². The molecule has 1 aliphatic carbocycles. The van der Waals surface area contributed by atoms with Crippen LogP contribution in [-0.4, -0.2) is 31.0 Å². The van der Waals surface area contributed by atoms with E-state index in [1.807, 2.05) is 6.92 Å². The fourth-order valence-corrected chi connectivity index (χ4v) is 2.84. The SMILES string of the molecule is COc1cc(C(C)NC2CCC(O)CC2)ccc1OC(F)F. The van der Waals surface area contributed by atoms with Crippen molar-refractivity contribution < 1.29 is 23.4 Å². The minimum Gasteiger partial charge on any atom is -0.493 e. The Labute approximate surface area is 129 Å². The molecule has 2 rings (SSSR count). The summed E-state index contributed by atoms with van der Waals surface area (Å²) in [5.74, 6) is 0.333. The Balaban J connectivity index is 2.01. The van der Waals surface area contributed by atoms with Crippen LogP contribution in [0.2, 0.25) is 0 Å². The quantitative estimate of drug-likeness (QED) is 0.846. The van der Waals surface area contributed by atoms with Crippen molar-refractivity contribution in [1.82, 2.24) is 5.32 Å². The fraction of sp³-hybridized carbons (Fsp3) is 0.625. The van der Waals surface area contributed by atoms with Gasteiger partial charge >= 0.3 is 6.61 Å². The molecule has 0 aliphatic heterocycles. The molecule has 1 aromatic rings. The average molecular weight is 315 g/mol. The molecule has 1 unspecified atom stereocenters. The van der Waals surface area contributed by atoms with Gasteiger partial charge in [-0.1, -0.05) is 6.07 Å². The van der Waals surface area contributed by atoms with Gasteiger partial charge in [-0.05, 0) is 50.3 Å². The molecule has 0 bridgehead atoms. The van der Waals surface area contributed by atoms with Crippen molar-refractivity contribution >= 4 is 0 Å². The van der Waals surface area contributed by atoms with E-state index in [0.717, 1.165) is 31.2 Å². The third-order valence-corrected chi connectivity index (χ3v) is 4.09. The number of rotatable bonds is 6. The molecular weight excluding hydrogens is 292 g/mol. The first-order valence-electron chi connectivity index (χ1n) is 7.56. The monoisotopic (exact) mass is 315 g/mol. The number of hydrogen-bond acceptors (Lipinski definition) is 4. The molecule has 4 nitrogen and oxygen atoms in total. The van der Waals surface area contributed by atoms with Crippen LogP contribution in [0.25, 0.3) is 0 Å². The van der Waals surface area contributed by atoms with Gasteiger partial charge in [0.15, 0.2) is 11.5 Å². The molecule has 0 radical (unpaired) electrons. The van der Waals surface area contributed by atoms with Crippen molar-refractivity contribution in [3.05, 3.63) is 23.8 Å². The summed E-state index contributed by atoms with van der Waals surface area (Å²) in [6.45, 7) is -0.850. The molecule has 1 saturated carbocycles. The van der Waals surface area contributed by atoms with Crippen LogP contribution in [0, 0.1) is 0 Å². The van der Waals surface area contributed by atoms with E-state index in [4.69, 9.17) is 4.74 Å². The lowest BCUT2D eigenvalue weighted by Gasteiger charge is -2.29. The first-order chi connectivity index (χ1) is 10.5. The zero-order valence-corrected chi connectivity index (χ0v) is 12.9. The number of aliphatic hydroxyl groups is 1. The van der Waals surface area contributed by atoms with Gasteiger partial charge in [0, 0.05) is 12.1 Å². The van der Waals surface area contributed by atoms with E-state index in [-0.39, 0.29) is 17.9 Å². The number of alkyl halides is 2. The highest BCUT2D eigenvalue weighted by molar-refractivity contribution is 5.43. The number of halogens is 2. The highest BCUT2D eigenvalue weighted by Crippen LogP contribution is 2.32. The van der Waals surface area contributed by atoms with E-state index in [1.165, 1.54) is 13.2 Å². The van der Waals surface area contributed by atoms with Gasteiger partial charge < -0.3 is 19.9 Å². The largest absolute Gasteiger partial charge is 0.493 e. The highest BCUT2D eigenvalue weighted by Gasteiger charge is 2.21. The van der Waals surface area contributed by atoms with Gasteiger partial charge in [-0.25, -0.2) is 0 Å². The summed E-state index contributed by atoms with van der Waals surface area (Å²) in [5.41, 5.74) is 0.949. The number of hydrogen-bond donors (Lipinski definition) is 2. The number of nitrogens with one attached hydrogen (secondary N) is 1. The maximum Gasteiger partial charge on any atom is 0.387 e. The zero-order valence-electron chi connectivity index (χ0n) is 12.9. The second-order valence-corrected chi connectivity index (χ2v) is 5.68. The molecule has 0 spiro atoms. The molecule has 0 saturated heterocycles. The van der Waals surface area contributed by atoms with Crippen LogP contribution in [0.4, 0.5) is 8.78 Å². The van der Waals surface area contributed by atoms with Crippen LogP contribution < -0.4 is 14.8 Å². The van der Waals surface area contributed by atoms with E-state index in [1.54, 1.807) is 12.1 Å². The number of benzene rings is 1. The second kappa shape index (κ2) is 7.74. The van der Waals surface area contributed by atoms with Gasteiger partial charge in [-0.15, -0.1) is 0 Å². The van der Waals surface area contributed by atoms with Crippen LogP contribution in [0.3, 0.4) is 0 Å². The summed E-state index contributed by atoms with van der Waals surface area (Å²) in [5, 5.41) is 13.0. The van der Waals surface area contributed by atoms with E-state index in [0.29, 0.717) is 11.8 Å². The molecular formula is C16H23F2NO3. The number of aliphatic hydroxyl groups excluding tert-OH is 1. The topological polar surface area (TPSA) is 50.7 Å². The van der Waals surface area contributed by atoms with Crippen molar-refractivity contribution in [3.63, 3.8) is 0 Å². The lowest BCUT2D eigenvalue weighted by atomic mass is 9.92. The third kappa shape index (κ3) is 4.55. The predicted molar refractivity (Wildman–Crippen MR) is 79.4 cm³/mol. The average Bonchev–Trinajstić information content (AvgIpc) is 2.49. The normalized spacial score (nSPS) is 23.4. The molecule has 1 fully saturated rings. The maximum absolute atomic E-state index is 12.3. The Morgan fingerprint density at radius 3 is 2.45 bits per heavy atom. The first kappa shape index (κ1) is 17.0. The van der Waals surface area contributed by atoms with Crippen molar-refractivity contribution in [2.45, 2.75) is 57.4 Å². The minimum atomic E-state index is -2.87. The molecule has 0 aromatic heterocycles. The van der Waals surface area contributed by atoms with Gasteiger partial charge in [-0.2, -0.15) is 8.78 Å². The molecule has 1 atom stereocenters. The predicted octanol–water partition coefficient (Wildman–Crippen LogP) is 3.25. The lowest BCUT2D eigenvalue weighted by Crippen LogP contribution is -2.36. The summed E-state index contributed by atoms with van der Waals surface area (Å²) >= 11 is 0. The number of methoxy groups -OCH3 is 1. The Hall–Kier alpha value is -1.40. The van der Waals surface area contributed by atoms with Crippen LogP contribution in [-0.2, 0) is 0 Å². The minimum absolute atomic E-state index is 0.0363. The van der Waals surface area contributed by atoms with E-state index < -0.39 is 6.61 Å². The van der Waals surface area contributed by atoms with E-state index in [2.05, 4.69) is 10.1 Å². The van der Waals surface area contributed by atoms with Crippen LogP contribution >= 0.6 is 0 Å². The van der Waals surface area contributed by atoms with Crippen LogP contribution in [0.5, 0.6) is 11.5 Å². The number of ether oxygens (including phenoxy) is 2. The van der Waals surface area contributed by atoms with Crippen LogP contribution in [0.1, 0.15) is 44.2 Å². The summed E-state index contributed by atoms with van der Waals surface area (Å²) in [6, 6.07) is 5.40. The standard InChI is InChI=1S/C16H23F2NO3/c1-10(19-12-4-6-13(20)7-5-12)11-3-8-14(22-16(17)18)15(9-11)21-2/h3,8-10,12-13,16,19-20H,4-7H2,1-2H3. The molecule has 2 N–H and O–H groups in total. The maximum atomic E-state index is 12.3. The molecule has 1 aliphatic rings. The summed E-state index contributed by atoms with van der Waals surface area (Å²) in [7, 11) is 1.43. The summed E-state index contributed by atoms with van der Waals surface area (Å²) in [4.78, 5) is 0. The Morgan fingerprint density at radius 2 is 1.86 bits per heavy atom. The molecule has 22 heavy (non-hydrogen) atoms. The first-order valence-corrected chi connectivity index (χ1v) is 7.56. The molecule has 1 aromatic carbocycles. The van der Waals surface area contributed by atoms with Gasteiger partial charge in [0.05, 0.1) is 13.2 Å². The van der Waals surface area contributed by atoms with Crippen molar-refractivity contribution in [2.75, 3.05) is 7.11 Å². The van der Waals surface area contributed by atoms with Crippen molar-refractivity contribution in [2.24, 2.45) is 0 Å². The third-order valence-electron chi connectivity index (χ3n) is 4.09. The zero-order chi connectivity index (χ0) is 16.1. The van der Waals surface area contributed by atoms with Gasteiger partial charge in [0.1, 0.15) is 0 Å². The molecule has 0 heterocycles. The highest BCUT2D eigenvalue weighted by atomic mass is 19.3. The molecule has 6 heteroatoms. The van der Waals surface area contributed by atoms with Crippen LogP contribution in [0.15, 0.2) is 18.2 Å². The molecule has 124 valence electrons. The Morgan fingerprint density at radius 1 is 1.18 bits per heavy atom. The smallest absolute Gasteiger partial charge is 0.387 e. The summed E-state index contributed by atoms with van der Waals surface area (Å²) in [6.07, 6.45) is 3.33. The fourth-order valence-electron chi connectivity index (χ4n) is 2.84. The molecule has 0 amide bonds. The second-order valence-electron chi connectivity index (χ2n) is 5.68. The van der Waals surface area contributed by atoms with E-state index in [9.17, 15) is 13.9 Å². The lowest BCUT2D eigenvalue weighted by molar-refractivity contribution is -0.0512. The van der Waals surface area contributed by atoms with Gasteiger partial charge in [-0.3, -0.25) is 0 Å². The summed E-state index contributed by atoms with van der Waals surface area (Å²) < 4.78 is 34.2. The van der Waals surface area contributed by atoms with Gasteiger partial charge in [0.2, 0.25) is 0 Å². The van der Waals surface area contributed by atoms with Crippen molar-refractivity contribution in [1.29, 1.82) is 0 Å². The van der Waals surface area contributed by atoms with E-state index >= 15 is 0 Å². The Bertz CT molecular complexity index is 476. The Kier molecular flexibility index (Phi) is 5.97.